The summed E-state index contributed by atoms with van der Waals surface area (Å²) in [7, 11) is 0. The lowest BCUT2D eigenvalue weighted by atomic mass is 9.91. The van der Waals surface area contributed by atoms with Gasteiger partial charge in [-0.1, -0.05) is 12.2 Å². The van der Waals surface area contributed by atoms with Crippen molar-refractivity contribution in [2.24, 2.45) is 11.1 Å². The highest BCUT2D eigenvalue weighted by Crippen LogP contribution is 2.24. The average Bonchev–Trinajstić information content (AvgIpc) is 2.17. The molecule has 0 bridgehead atoms. The van der Waals surface area contributed by atoms with Crippen LogP contribution in [0, 0.1) is 5.41 Å². The number of carbonyl (C=O) groups is 1. The molecule has 1 unspecified atom stereocenters. The molecule has 15 heavy (non-hydrogen) atoms. The first-order valence-corrected chi connectivity index (χ1v) is 6.62. The van der Waals surface area contributed by atoms with Crippen molar-refractivity contribution in [3.63, 3.8) is 0 Å². The van der Waals surface area contributed by atoms with Crippen molar-refractivity contribution in [1.82, 2.24) is 4.90 Å². The van der Waals surface area contributed by atoms with Gasteiger partial charge < -0.3 is 10.6 Å². The Morgan fingerprint density at radius 2 is 2.20 bits per heavy atom. The Balaban J connectivity index is 2.78. The van der Waals surface area contributed by atoms with Crippen LogP contribution in [-0.2, 0) is 4.79 Å². The minimum Gasteiger partial charge on any atom is -0.392 e. The van der Waals surface area contributed by atoms with Gasteiger partial charge in [0.1, 0.15) is 0 Å². The molecular weight excluding hydrogens is 228 g/mol. The Labute approximate surface area is 101 Å². The van der Waals surface area contributed by atoms with Gasteiger partial charge in [0.15, 0.2) is 0 Å². The monoisotopic (exact) mass is 246 g/mol. The normalized spacial score (nSPS) is 22.6. The van der Waals surface area contributed by atoms with E-state index in [1.165, 1.54) is 0 Å². The average molecular weight is 246 g/mol. The van der Waals surface area contributed by atoms with E-state index in [0.717, 1.165) is 18.1 Å². The summed E-state index contributed by atoms with van der Waals surface area (Å²) in [6.07, 6.45) is 0. The smallest absolute Gasteiger partial charge is 0.235 e. The number of hydrogen-bond donors (Lipinski definition) is 1. The van der Waals surface area contributed by atoms with E-state index >= 15 is 0 Å². The van der Waals surface area contributed by atoms with Crippen molar-refractivity contribution >= 4 is 34.9 Å². The van der Waals surface area contributed by atoms with Crippen LogP contribution in [0.5, 0.6) is 0 Å². The largest absolute Gasteiger partial charge is 0.392 e. The molecule has 0 aliphatic carbocycles. The van der Waals surface area contributed by atoms with Crippen LogP contribution in [-0.4, -0.2) is 39.9 Å². The number of hydrogen-bond acceptors (Lipinski definition) is 3. The van der Waals surface area contributed by atoms with Crippen molar-refractivity contribution in [2.75, 3.05) is 18.1 Å². The quantitative estimate of drug-likeness (QED) is 0.745. The zero-order valence-corrected chi connectivity index (χ0v) is 11.1. The van der Waals surface area contributed by atoms with Gasteiger partial charge in [-0.05, 0) is 20.8 Å². The maximum Gasteiger partial charge on any atom is 0.235 e. The third-order valence-electron chi connectivity index (χ3n) is 2.78. The molecule has 1 saturated heterocycles. The van der Waals surface area contributed by atoms with Gasteiger partial charge in [-0.3, -0.25) is 4.79 Å². The van der Waals surface area contributed by atoms with Gasteiger partial charge in [0.2, 0.25) is 5.91 Å². The maximum atomic E-state index is 12.2. The second-order valence-electron chi connectivity index (χ2n) is 4.41. The van der Waals surface area contributed by atoms with Crippen LogP contribution in [0.25, 0.3) is 0 Å². The van der Waals surface area contributed by atoms with Crippen molar-refractivity contribution in [2.45, 2.75) is 26.8 Å². The van der Waals surface area contributed by atoms with Gasteiger partial charge in [-0.2, -0.15) is 11.8 Å². The molecule has 2 N–H and O–H groups in total. The number of carbonyl (C=O) groups excluding carboxylic acids is 1. The van der Waals surface area contributed by atoms with E-state index in [9.17, 15) is 4.79 Å². The minimum atomic E-state index is -0.717. The topological polar surface area (TPSA) is 46.3 Å². The molecule has 1 aliphatic rings. The molecule has 1 rings (SSSR count). The molecule has 1 heterocycles. The molecule has 86 valence electrons. The number of rotatable bonds is 2. The molecule has 1 fully saturated rings. The standard InChI is InChI=1S/C10H18N2OS2/c1-7-6-15-5-4-12(7)9(13)10(2,3)8(11)14/h7H,4-6H2,1-3H3,(H2,11,14). The van der Waals surface area contributed by atoms with Crippen molar-refractivity contribution in [3.8, 4) is 0 Å². The predicted molar refractivity (Wildman–Crippen MR) is 69.1 cm³/mol. The van der Waals surface area contributed by atoms with E-state index in [0.29, 0.717) is 0 Å². The molecule has 1 atom stereocenters. The van der Waals surface area contributed by atoms with Crippen LogP contribution in [0.2, 0.25) is 0 Å². The number of nitrogens with zero attached hydrogens (tertiary/aromatic N) is 1. The first-order chi connectivity index (χ1) is 6.87. The molecule has 0 spiro atoms. The second kappa shape index (κ2) is 4.70. The Hall–Kier alpha value is -0.290. The second-order valence-corrected chi connectivity index (χ2v) is 6.00. The first kappa shape index (κ1) is 12.8. The van der Waals surface area contributed by atoms with Gasteiger partial charge >= 0.3 is 0 Å². The van der Waals surface area contributed by atoms with Crippen LogP contribution in [0.4, 0.5) is 0 Å². The van der Waals surface area contributed by atoms with Gasteiger partial charge in [0.25, 0.3) is 0 Å². The van der Waals surface area contributed by atoms with Gasteiger partial charge in [-0.15, -0.1) is 0 Å². The molecule has 0 aromatic heterocycles. The highest BCUT2D eigenvalue weighted by molar-refractivity contribution is 7.99. The van der Waals surface area contributed by atoms with Gasteiger partial charge in [0, 0.05) is 24.1 Å². The Bertz CT molecular complexity index is 279. The third-order valence-corrected chi connectivity index (χ3v) is 4.48. The highest BCUT2D eigenvalue weighted by Gasteiger charge is 2.37. The molecule has 0 saturated carbocycles. The molecule has 0 radical (unpaired) electrons. The molecule has 3 nitrogen and oxygen atoms in total. The number of amides is 1. The number of nitrogens with two attached hydrogens (primary N) is 1. The highest BCUT2D eigenvalue weighted by atomic mass is 32.2. The SMILES string of the molecule is CC1CSCCN1C(=O)C(C)(C)C(N)=S. The van der Waals surface area contributed by atoms with E-state index in [4.69, 9.17) is 18.0 Å². The zero-order valence-electron chi connectivity index (χ0n) is 9.45. The lowest BCUT2D eigenvalue weighted by molar-refractivity contribution is -0.138. The van der Waals surface area contributed by atoms with E-state index in [1.807, 2.05) is 16.7 Å². The van der Waals surface area contributed by atoms with Crippen molar-refractivity contribution < 1.29 is 4.79 Å². The molecule has 1 aliphatic heterocycles. The fraction of sp³-hybridized carbons (Fsp3) is 0.800. The summed E-state index contributed by atoms with van der Waals surface area (Å²) in [4.78, 5) is 14.4. The van der Waals surface area contributed by atoms with Gasteiger partial charge in [0.05, 0.1) is 10.4 Å². The fourth-order valence-corrected chi connectivity index (χ4v) is 2.59. The summed E-state index contributed by atoms with van der Waals surface area (Å²) in [5.74, 6) is 2.06. The minimum absolute atomic E-state index is 0.0581. The van der Waals surface area contributed by atoms with Crippen LogP contribution < -0.4 is 5.73 Å². The summed E-state index contributed by atoms with van der Waals surface area (Å²) in [5, 5.41) is 0. The lowest BCUT2D eigenvalue weighted by Crippen LogP contribution is -2.53. The van der Waals surface area contributed by atoms with Crippen molar-refractivity contribution in [1.29, 1.82) is 0 Å². The summed E-state index contributed by atoms with van der Waals surface area (Å²) < 4.78 is 0. The third kappa shape index (κ3) is 2.64. The first-order valence-electron chi connectivity index (χ1n) is 5.06. The number of thiocarbonyl (C=S) groups is 1. The summed E-state index contributed by atoms with van der Waals surface area (Å²) in [6, 6.07) is 0.282. The Morgan fingerprint density at radius 1 is 1.60 bits per heavy atom. The Morgan fingerprint density at radius 3 is 2.67 bits per heavy atom. The lowest BCUT2D eigenvalue weighted by Gasteiger charge is -2.38. The fourth-order valence-electron chi connectivity index (χ4n) is 1.49. The van der Waals surface area contributed by atoms with E-state index in [1.54, 1.807) is 13.8 Å². The maximum absolute atomic E-state index is 12.2. The van der Waals surface area contributed by atoms with Crippen LogP contribution >= 0.6 is 24.0 Å². The Kier molecular flexibility index (Phi) is 4.00. The van der Waals surface area contributed by atoms with Gasteiger partial charge in [-0.25, -0.2) is 0 Å². The molecule has 0 aromatic rings. The molecule has 5 heteroatoms. The van der Waals surface area contributed by atoms with Crippen LogP contribution in [0.3, 0.4) is 0 Å². The molecular formula is C10H18N2OS2. The molecule has 1 amide bonds. The summed E-state index contributed by atoms with van der Waals surface area (Å²) >= 11 is 6.83. The predicted octanol–water partition coefficient (Wildman–Crippen LogP) is 1.26. The van der Waals surface area contributed by atoms with E-state index in [2.05, 4.69) is 6.92 Å². The van der Waals surface area contributed by atoms with E-state index < -0.39 is 5.41 Å². The van der Waals surface area contributed by atoms with E-state index in [-0.39, 0.29) is 16.9 Å². The summed E-state index contributed by atoms with van der Waals surface area (Å²) in [6.45, 7) is 6.47. The van der Waals surface area contributed by atoms with Crippen LogP contribution in [0.1, 0.15) is 20.8 Å². The zero-order chi connectivity index (χ0) is 11.6. The summed E-state index contributed by atoms with van der Waals surface area (Å²) in [5.41, 5.74) is 4.89. The van der Waals surface area contributed by atoms with Crippen molar-refractivity contribution in [3.05, 3.63) is 0 Å². The number of thioether (sulfide) groups is 1. The van der Waals surface area contributed by atoms with Crippen LogP contribution in [0.15, 0.2) is 0 Å². The molecule has 0 aromatic carbocycles.